The molecule has 0 aliphatic heterocycles. The maximum atomic E-state index is 13.9. The predicted molar refractivity (Wildman–Crippen MR) is 162 cm³/mol. The number of nitrogens with zero attached hydrogens (tertiary/aromatic N) is 2. The Morgan fingerprint density at radius 2 is 1.54 bits per heavy atom. The Bertz CT molecular complexity index is 1370. The van der Waals surface area contributed by atoms with Crippen molar-refractivity contribution in [2.75, 3.05) is 31.0 Å². The van der Waals surface area contributed by atoms with Crippen LogP contribution in [0.4, 0.5) is 16.2 Å². The summed E-state index contributed by atoms with van der Waals surface area (Å²) in [6.45, 7) is 0.380. The van der Waals surface area contributed by atoms with Crippen LogP contribution in [-0.4, -0.2) is 50.3 Å². The fraction of sp³-hybridized carbons (Fsp3) is 0.303. The van der Waals surface area contributed by atoms with Gasteiger partial charge < -0.3 is 25.0 Å². The Morgan fingerprint density at radius 3 is 2.12 bits per heavy atom. The van der Waals surface area contributed by atoms with Crippen LogP contribution in [0.3, 0.4) is 0 Å². The zero-order valence-electron chi connectivity index (χ0n) is 23.7. The van der Waals surface area contributed by atoms with Gasteiger partial charge in [0.05, 0.1) is 13.7 Å². The molecule has 0 heterocycles. The van der Waals surface area contributed by atoms with Gasteiger partial charge in [0, 0.05) is 43.5 Å². The van der Waals surface area contributed by atoms with Crippen molar-refractivity contribution in [2.45, 2.75) is 38.3 Å². The lowest BCUT2D eigenvalue weighted by Crippen LogP contribution is -2.42. The van der Waals surface area contributed by atoms with E-state index in [1.165, 1.54) is 13.2 Å². The number of benzene rings is 3. The molecular formula is C33H37N3O5. The Kier molecular flexibility index (Phi) is 9.79. The fourth-order valence-electron chi connectivity index (χ4n) is 5.13. The number of nitrogens with one attached hydrogen (secondary N) is 1. The van der Waals surface area contributed by atoms with Gasteiger partial charge in [-0.05, 0) is 78.3 Å². The van der Waals surface area contributed by atoms with Gasteiger partial charge in [-0.3, -0.25) is 4.79 Å². The van der Waals surface area contributed by atoms with E-state index in [0.29, 0.717) is 43.5 Å². The Hall–Kier alpha value is -4.59. The number of methoxy groups -OCH3 is 1. The molecule has 3 aromatic rings. The number of ether oxygens (including phenoxy) is 1. The van der Waals surface area contributed by atoms with Crippen molar-refractivity contribution in [2.24, 2.45) is 5.92 Å². The molecule has 1 aliphatic rings. The molecule has 3 aromatic carbocycles. The molecule has 1 fully saturated rings. The maximum Gasteiger partial charge on any atom is 0.407 e. The summed E-state index contributed by atoms with van der Waals surface area (Å²) < 4.78 is 4.72. The monoisotopic (exact) mass is 555 g/mol. The predicted octanol–water partition coefficient (Wildman–Crippen LogP) is 5.97. The van der Waals surface area contributed by atoms with E-state index in [0.717, 1.165) is 28.5 Å². The van der Waals surface area contributed by atoms with Gasteiger partial charge in [-0.15, -0.1) is 0 Å². The summed E-state index contributed by atoms with van der Waals surface area (Å²) in [6.07, 6.45) is 4.86. The summed E-state index contributed by atoms with van der Waals surface area (Å²) in [4.78, 5) is 40.5. The summed E-state index contributed by atoms with van der Waals surface area (Å²) in [7, 11) is 5.37. The van der Waals surface area contributed by atoms with Crippen molar-refractivity contribution >= 4 is 35.4 Å². The van der Waals surface area contributed by atoms with Crippen LogP contribution in [0.2, 0.25) is 0 Å². The number of anilines is 2. The van der Waals surface area contributed by atoms with Crippen LogP contribution in [-0.2, 0) is 20.9 Å². The lowest BCUT2D eigenvalue weighted by molar-refractivity contribution is -0.131. The first-order valence-electron chi connectivity index (χ1n) is 13.8. The highest BCUT2D eigenvalue weighted by atomic mass is 16.5. The first kappa shape index (κ1) is 29.4. The minimum Gasteiger partial charge on any atom is -0.478 e. The summed E-state index contributed by atoms with van der Waals surface area (Å²) in [5.41, 5.74) is 5.74. The zero-order valence-corrected chi connectivity index (χ0v) is 23.7. The second kappa shape index (κ2) is 13.7. The maximum absolute atomic E-state index is 13.9. The van der Waals surface area contributed by atoms with E-state index in [1.807, 2.05) is 50.5 Å². The van der Waals surface area contributed by atoms with Gasteiger partial charge in [0.2, 0.25) is 5.91 Å². The van der Waals surface area contributed by atoms with Gasteiger partial charge in [0.25, 0.3) is 0 Å². The number of carboxylic acid groups (broad SMARTS) is 1. The van der Waals surface area contributed by atoms with Gasteiger partial charge >= 0.3 is 12.1 Å². The van der Waals surface area contributed by atoms with E-state index in [2.05, 4.69) is 46.6 Å². The van der Waals surface area contributed by atoms with Crippen LogP contribution < -0.4 is 15.1 Å². The third kappa shape index (κ3) is 7.97. The number of rotatable bonds is 9. The topological polar surface area (TPSA) is 99.2 Å². The minimum absolute atomic E-state index is 0.0104. The smallest absolute Gasteiger partial charge is 0.407 e. The van der Waals surface area contributed by atoms with E-state index >= 15 is 0 Å². The highest BCUT2D eigenvalue weighted by molar-refractivity contribution is 5.95. The van der Waals surface area contributed by atoms with Gasteiger partial charge in [0.1, 0.15) is 0 Å². The van der Waals surface area contributed by atoms with Crippen LogP contribution in [0.15, 0.2) is 78.9 Å². The molecule has 0 saturated heterocycles. The second-order valence-corrected chi connectivity index (χ2v) is 10.5. The zero-order chi connectivity index (χ0) is 29.4. The quantitative estimate of drug-likeness (QED) is 0.316. The van der Waals surface area contributed by atoms with Gasteiger partial charge in [0.15, 0.2) is 0 Å². The van der Waals surface area contributed by atoms with Crippen molar-refractivity contribution in [1.29, 1.82) is 0 Å². The van der Waals surface area contributed by atoms with E-state index < -0.39 is 12.1 Å². The molecule has 1 saturated carbocycles. The summed E-state index contributed by atoms with van der Waals surface area (Å²) in [5, 5.41) is 11.9. The van der Waals surface area contributed by atoms with Crippen molar-refractivity contribution in [1.82, 2.24) is 5.32 Å². The van der Waals surface area contributed by atoms with Crippen molar-refractivity contribution in [3.05, 3.63) is 90.0 Å². The van der Waals surface area contributed by atoms with Crippen molar-refractivity contribution in [3.63, 3.8) is 0 Å². The summed E-state index contributed by atoms with van der Waals surface area (Å²) in [6, 6.07) is 23.9. The van der Waals surface area contributed by atoms with E-state index in [1.54, 1.807) is 4.90 Å². The van der Waals surface area contributed by atoms with Crippen LogP contribution in [0.5, 0.6) is 0 Å². The van der Waals surface area contributed by atoms with Gasteiger partial charge in [-0.2, -0.15) is 0 Å². The lowest BCUT2D eigenvalue weighted by atomic mass is 9.85. The molecule has 214 valence electrons. The van der Waals surface area contributed by atoms with Gasteiger partial charge in [-0.1, -0.05) is 48.5 Å². The Balaban J connectivity index is 1.55. The number of alkyl carbamates (subject to hydrolysis) is 1. The number of hydrogen-bond acceptors (Lipinski definition) is 5. The van der Waals surface area contributed by atoms with Crippen LogP contribution in [0, 0.1) is 5.92 Å². The largest absolute Gasteiger partial charge is 0.478 e. The molecule has 0 unspecified atom stereocenters. The average molecular weight is 556 g/mol. The van der Waals surface area contributed by atoms with Crippen LogP contribution in [0.25, 0.3) is 17.2 Å². The molecule has 0 aromatic heterocycles. The summed E-state index contributed by atoms with van der Waals surface area (Å²) >= 11 is 0. The molecule has 8 heteroatoms. The third-order valence-electron chi connectivity index (χ3n) is 7.46. The molecule has 0 radical (unpaired) electrons. The molecule has 2 amide bonds. The molecule has 2 N–H and O–H groups in total. The lowest BCUT2D eigenvalue weighted by Gasteiger charge is -2.32. The van der Waals surface area contributed by atoms with Crippen LogP contribution >= 0.6 is 0 Å². The molecule has 0 spiro atoms. The first-order valence-corrected chi connectivity index (χ1v) is 13.8. The SMILES string of the molecule is COC(=O)N[C@H]1CC[C@H](C(=O)N(Cc2ccc(-c3ccc(N(C)C)cc3)cc2)c2cccc(C=CC(=O)O)c2)CC1. The third-order valence-corrected chi connectivity index (χ3v) is 7.46. The molecule has 0 atom stereocenters. The molecule has 41 heavy (non-hydrogen) atoms. The molecule has 0 bridgehead atoms. The van der Waals surface area contributed by atoms with Gasteiger partial charge in [-0.25, -0.2) is 9.59 Å². The fourth-order valence-corrected chi connectivity index (χ4v) is 5.13. The highest BCUT2D eigenvalue weighted by Crippen LogP contribution is 2.30. The molecule has 4 rings (SSSR count). The van der Waals surface area contributed by atoms with E-state index in [4.69, 9.17) is 9.84 Å². The van der Waals surface area contributed by atoms with Crippen molar-refractivity contribution in [3.8, 4) is 11.1 Å². The van der Waals surface area contributed by atoms with Crippen LogP contribution in [0.1, 0.15) is 36.8 Å². The standard InChI is InChI=1S/C33H37N3O5/c1-35(2)29-18-14-26(15-19-29)25-10-7-24(8-11-25)22-36(30-6-4-5-23(21-30)9-20-31(37)38)32(39)27-12-16-28(17-13-27)34-33(40)41-3/h4-11,14-15,18-21,27-28H,12-13,16-17,22H2,1-3H3,(H,34,40)(H,37,38)/t27-,28-. The average Bonchev–Trinajstić information content (AvgIpc) is 2.99. The normalized spacial score (nSPS) is 16.7. The first-order chi connectivity index (χ1) is 19.7. The van der Waals surface area contributed by atoms with Crippen molar-refractivity contribution < 1.29 is 24.2 Å². The number of carbonyl (C=O) groups is 3. The number of amides is 2. The summed E-state index contributed by atoms with van der Waals surface area (Å²) in [5.74, 6) is -1.19. The van der Waals surface area contributed by atoms with E-state index in [-0.39, 0.29) is 17.9 Å². The molecule has 1 aliphatic carbocycles. The second-order valence-electron chi connectivity index (χ2n) is 10.5. The molecular weight excluding hydrogens is 518 g/mol. The number of aliphatic carboxylic acids is 1. The number of carbonyl (C=O) groups excluding carboxylic acids is 2. The van der Waals surface area contributed by atoms with E-state index in [9.17, 15) is 14.4 Å². The number of carboxylic acids is 1. The molecule has 8 nitrogen and oxygen atoms in total. The highest BCUT2D eigenvalue weighted by Gasteiger charge is 2.31. The Labute approximate surface area is 241 Å². The number of hydrogen-bond donors (Lipinski definition) is 2. The minimum atomic E-state index is -1.03. The Morgan fingerprint density at radius 1 is 0.902 bits per heavy atom.